The van der Waals surface area contributed by atoms with E-state index < -0.39 is 11.6 Å². The molecule has 3 nitrogen and oxygen atoms in total. The second kappa shape index (κ2) is 5.96. The Balaban J connectivity index is 2.43. The van der Waals surface area contributed by atoms with Gasteiger partial charge in [-0.3, -0.25) is 4.79 Å². The fraction of sp³-hybridized carbons (Fsp3) is 0.500. The number of ether oxygens (including phenoxy) is 1. The van der Waals surface area contributed by atoms with Crippen LogP contribution in [-0.4, -0.2) is 17.6 Å². The summed E-state index contributed by atoms with van der Waals surface area (Å²) in [4.78, 5) is 11.7. The van der Waals surface area contributed by atoms with E-state index in [1.165, 1.54) is 12.1 Å². The number of halogens is 1. The van der Waals surface area contributed by atoms with Crippen LogP contribution in [0, 0.1) is 5.82 Å². The molecule has 0 saturated carbocycles. The summed E-state index contributed by atoms with van der Waals surface area (Å²) in [5.74, 6) is -0.552. The number of rotatable bonds is 4. The molecule has 0 heterocycles. The molecular formula is C14H20FNO2. The fourth-order valence-electron chi connectivity index (χ4n) is 1.35. The van der Waals surface area contributed by atoms with E-state index in [-0.39, 0.29) is 11.8 Å². The van der Waals surface area contributed by atoms with Crippen LogP contribution in [0.4, 0.5) is 4.39 Å². The number of nitrogens with one attached hydrogen (secondary N) is 1. The van der Waals surface area contributed by atoms with Crippen molar-refractivity contribution in [2.75, 3.05) is 0 Å². The van der Waals surface area contributed by atoms with Gasteiger partial charge in [-0.1, -0.05) is 12.1 Å². The summed E-state index contributed by atoms with van der Waals surface area (Å²) in [5.41, 5.74) is 0.440. The maximum Gasteiger partial charge on any atom is 0.323 e. The van der Waals surface area contributed by atoms with Gasteiger partial charge in [0.25, 0.3) is 0 Å². The summed E-state index contributed by atoms with van der Waals surface area (Å²) >= 11 is 0. The van der Waals surface area contributed by atoms with Crippen LogP contribution in [0.25, 0.3) is 0 Å². The van der Waals surface area contributed by atoms with Gasteiger partial charge >= 0.3 is 5.97 Å². The normalized spacial score (nSPS) is 13.2. The highest BCUT2D eigenvalue weighted by Gasteiger charge is 2.21. The van der Waals surface area contributed by atoms with E-state index in [0.29, 0.717) is 6.54 Å². The number of hydrogen-bond donors (Lipinski definition) is 1. The van der Waals surface area contributed by atoms with Gasteiger partial charge in [0.1, 0.15) is 17.5 Å². The van der Waals surface area contributed by atoms with Gasteiger partial charge in [-0.15, -0.1) is 0 Å². The Kier molecular flexibility index (Phi) is 4.84. The Morgan fingerprint density at radius 1 is 1.33 bits per heavy atom. The first-order chi connectivity index (χ1) is 8.28. The molecule has 18 heavy (non-hydrogen) atoms. The zero-order valence-corrected chi connectivity index (χ0v) is 11.3. The van der Waals surface area contributed by atoms with Gasteiger partial charge in [0.15, 0.2) is 0 Å². The molecule has 0 aliphatic heterocycles. The highest BCUT2D eigenvalue weighted by atomic mass is 19.1. The molecule has 1 atom stereocenters. The molecule has 0 aliphatic rings. The lowest BCUT2D eigenvalue weighted by Gasteiger charge is -2.22. The lowest BCUT2D eigenvalue weighted by atomic mass is 10.2. The topological polar surface area (TPSA) is 38.3 Å². The van der Waals surface area contributed by atoms with Gasteiger partial charge in [0, 0.05) is 6.54 Å². The fourth-order valence-corrected chi connectivity index (χ4v) is 1.35. The smallest absolute Gasteiger partial charge is 0.323 e. The van der Waals surface area contributed by atoms with Crippen LogP contribution in [0.2, 0.25) is 0 Å². The van der Waals surface area contributed by atoms with Gasteiger partial charge < -0.3 is 10.1 Å². The zero-order chi connectivity index (χ0) is 13.8. The first-order valence-electron chi connectivity index (χ1n) is 5.98. The van der Waals surface area contributed by atoms with E-state index in [2.05, 4.69) is 5.32 Å². The predicted molar refractivity (Wildman–Crippen MR) is 68.5 cm³/mol. The summed E-state index contributed by atoms with van der Waals surface area (Å²) < 4.78 is 18.0. The van der Waals surface area contributed by atoms with Crippen molar-refractivity contribution in [2.45, 2.75) is 45.9 Å². The highest BCUT2D eigenvalue weighted by Crippen LogP contribution is 2.09. The zero-order valence-electron chi connectivity index (χ0n) is 11.3. The lowest BCUT2D eigenvalue weighted by Crippen LogP contribution is -2.38. The average Bonchev–Trinajstić information content (AvgIpc) is 2.25. The number of carbonyl (C=O) groups excluding carboxylic acids is 1. The molecule has 1 rings (SSSR count). The third-order valence-electron chi connectivity index (χ3n) is 2.29. The largest absolute Gasteiger partial charge is 0.459 e. The number of hydrogen-bond acceptors (Lipinski definition) is 3. The molecule has 1 aromatic rings. The molecule has 1 unspecified atom stereocenters. The minimum absolute atomic E-state index is 0.265. The second-order valence-corrected chi connectivity index (χ2v) is 5.26. The Morgan fingerprint density at radius 2 is 1.89 bits per heavy atom. The molecule has 100 valence electrons. The van der Waals surface area contributed by atoms with E-state index in [1.54, 1.807) is 19.1 Å². The van der Waals surface area contributed by atoms with Crippen LogP contribution in [0.15, 0.2) is 24.3 Å². The summed E-state index contributed by atoms with van der Waals surface area (Å²) in [5, 5.41) is 3.04. The minimum atomic E-state index is -0.483. The van der Waals surface area contributed by atoms with E-state index in [4.69, 9.17) is 4.74 Å². The Morgan fingerprint density at radius 3 is 2.39 bits per heavy atom. The first-order valence-corrected chi connectivity index (χ1v) is 5.98. The lowest BCUT2D eigenvalue weighted by molar-refractivity contribution is -0.157. The molecule has 1 N–H and O–H groups in total. The molecule has 1 aromatic carbocycles. The molecule has 0 radical (unpaired) electrons. The van der Waals surface area contributed by atoms with Crippen molar-refractivity contribution in [2.24, 2.45) is 0 Å². The van der Waals surface area contributed by atoms with Crippen molar-refractivity contribution >= 4 is 5.97 Å². The van der Waals surface area contributed by atoms with Gasteiger partial charge in [0.05, 0.1) is 0 Å². The van der Waals surface area contributed by atoms with Crippen molar-refractivity contribution in [3.8, 4) is 0 Å². The SMILES string of the molecule is CC(NCc1ccc(F)cc1)C(=O)OC(C)(C)C. The van der Waals surface area contributed by atoms with E-state index in [0.717, 1.165) is 5.56 Å². The van der Waals surface area contributed by atoms with E-state index in [1.807, 2.05) is 20.8 Å². The van der Waals surface area contributed by atoms with Crippen molar-refractivity contribution in [1.29, 1.82) is 0 Å². The van der Waals surface area contributed by atoms with Crippen molar-refractivity contribution in [1.82, 2.24) is 5.32 Å². The Bertz CT molecular complexity index is 395. The summed E-state index contributed by atoms with van der Waals surface area (Å²) in [6, 6.07) is 5.77. The highest BCUT2D eigenvalue weighted by molar-refractivity contribution is 5.75. The predicted octanol–water partition coefficient (Wildman–Crippen LogP) is 2.65. The van der Waals surface area contributed by atoms with E-state index in [9.17, 15) is 9.18 Å². The van der Waals surface area contributed by atoms with Crippen molar-refractivity contribution in [3.05, 3.63) is 35.6 Å². The monoisotopic (exact) mass is 253 g/mol. The van der Waals surface area contributed by atoms with E-state index >= 15 is 0 Å². The van der Waals surface area contributed by atoms with Crippen LogP contribution in [0.5, 0.6) is 0 Å². The molecule has 4 heteroatoms. The van der Waals surface area contributed by atoms with Gasteiger partial charge in [-0.2, -0.15) is 0 Å². The summed E-state index contributed by atoms with van der Waals surface area (Å²) in [6.07, 6.45) is 0. The maximum atomic E-state index is 12.7. The Hall–Kier alpha value is -1.42. The van der Waals surface area contributed by atoms with Crippen LogP contribution >= 0.6 is 0 Å². The third-order valence-corrected chi connectivity index (χ3v) is 2.29. The first kappa shape index (κ1) is 14.6. The number of esters is 1. The van der Waals surface area contributed by atoms with Crippen molar-refractivity contribution < 1.29 is 13.9 Å². The van der Waals surface area contributed by atoms with Crippen LogP contribution < -0.4 is 5.32 Å². The summed E-state index contributed by atoms with van der Waals surface area (Å²) in [7, 11) is 0. The average molecular weight is 253 g/mol. The standard InChI is InChI=1S/C14H20FNO2/c1-10(13(17)18-14(2,3)4)16-9-11-5-7-12(15)8-6-11/h5-8,10,16H,9H2,1-4H3. The minimum Gasteiger partial charge on any atom is -0.459 e. The molecule has 0 aliphatic carbocycles. The number of benzene rings is 1. The van der Waals surface area contributed by atoms with Crippen LogP contribution in [-0.2, 0) is 16.1 Å². The van der Waals surface area contributed by atoms with Crippen LogP contribution in [0.3, 0.4) is 0 Å². The molecule has 0 amide bonds. The van der Waals surface area contributed by atoms with Crippen LogP contribution in [0.1, 0.15) is 33.3 Å². The van der Waals surface area contributed by atoms with Gasteiger partial charge in [0.2, 0.25) is 0 Å². The van der Waals surface area contributed by atoms with Gasteiger partial charge in [-0.05, 0) is 45.4 Å². The quantitative estimate of drug-likeness (QED) is 0.838. The Labute approximate surface area is 107 Å². The van der Waals surface area contributed by atoms with Crippen molar-refractivity contribution in [3.63, 3.8) is 0 Å². The van der Waals surface area contributed by atoms with Gasteiger partial charge in [-0.25, -0.2) is 4.39 Å². The molecule has 0 saturated heterocycles. The molecular weight excluding hydrogens is 233 g/mol. The second-order valence-electron chi connectivity index (χ2n) is 5.26. The molecule has 0 aromatic heterocycles. The molecule has 0 fully saturated rings. The molecule has 0 spiro atoms. The summed E-state index contributed by atoms with van der Waals surface area (Å²) in [6.45, 7) is 7.74. The maximum absolute atomic E-state index is 12.7. The number of carbonyl (C=O) groups is 1. The third kappa shape index (κ3) is 5.27. The molecule has 0 bridgehead atoms.